The Balaban J connectivity index is 2.49. The maximum Gasteiger partial charge on any atom is 0.411 e. The van der Waals surface area contributed by atoms with Crippen molar-refractivity contribution >= 4 is 17.6 Å². The van der Waals surface area contributed by atoms with Gasteiger partial charge in [-0.25, -0.2) is 4.79 Å². The van der Waals surface area contributed by atoms with Gasteiger partial charge in [0.15, 0.2) is 5.84 Å². The van der Waals surface area contributed by atoms with Gasteiger partial charge < -0.3 is 20.4 Å². The minimum atomic E-state index is -0.514. The molecule has 0 aliphatic rings. The lowest BCUT2D eigenvalue weighted by Crippen LogP contribution is -2.20. The van der Waals surface area contributed by atoms with Gasteiger partial charge in [0, 0.05) is 5.69 Å². The Bertz CT molecular complexity index is 443. The number of nitrogens with zero attached hydrogens (tertiary/aromatic N) is 1. The van der Waals surface area contributed by atoms with Crippen molar-refractivity contribution in [3.05, 3.63) is 24.3 Å². The molecule has 4 N–H and O–H groups in total. The van der Waals surface area contributed by atoms with E-state index in [0.717, 1.165) is 0 Å². The maximum atomic E-state index is 11.3. The minimum Gasteiger partial charge on any atom is -0.486 e. The highest BCUT2D eigenvalue weighted by Crippen LogP contribution is 2.15. The zero-order valence-electron chi connectivity index (χ0n) is 10.8. The number of benzene rings is 1. The van der Waals surface area contributed by atoms with Crippen LogP contribution in [0.3, 0.4) is 0 Å². The first-order chi connectivity index (χ1) is 9.01. The molecular weight excluding hydrogens is 250 g/mol. The third-order valence-electron chi connectivity index (χ3n) is 1.96. The molecule has 7 nitrogen and oxygen atoms in total. The summed E-state index contributed by atoms with van der Waals surface area (Å²) in [4.78, 5) is 11.3. The number of anilines is 1. The van der Waals surface area contributed by atoms with Crippen molar-refractivity contribution in [2.24, 2.45) is 10.9 Å². The van der Waals surface area contributed by atoms with Crippen LogP contribution in [-0.2, 0) is 4.74 Å². The van der Waals surface area contributed by atoms with Crippen molar-refractivity contribution in [3.63, 3.8) is 0 Å². The quantitative estimate of drug-likeness (QED) is 0.326. The van der Waals surface area contributed by atoms with Gasteiger partial charge in [0.2, 0.25) is 0 Å². The van der Waals surface area contributed by atoms with Crippen LogP contribution >= 0.6 is 0 Å². The van der Waals surface area contributed by atoms with E-state index in [1.54, 1.807) is 38.1 Å². The van der Waals surface area contributed by atoms with Gasteiger partial charge in [-0.1, -0.05) is 5.16 Å². The Morgan fingerprint density at radius 3 is 2.58 bits per heavy atom. The van der Waals surface area contributed by atoms with Crippen LogP contribution in [0.15, 0.2) is 29.4 Å². The summed E-state index contributed by atoms with van der Waals surface area (Å²) >= 11 is 0. The molecule has 0 saturated heterocycles. The van der Waals surface area contributed by atoms with E-state index in [9.17, 15) is 4.79 Å². The minimum absolute atomic E-state index is 0.0152. The fourth-order valence-electron chi connectivity index (χ4n) is 1.18. The molecule has 0 saturated carbocycles. The summed E-state index contributed by atoms with van der Waals surface area (Å²) in [6.45, 7) is 3.52. The average Bonchev–Trinajstić information content (AvgIpc) is 2.36. The molecule has 0 spiro atoms. The Labute approximate surface area is 111 Å². The van der Waals surface area contributed by atoms with Crippen LogP contribution in [0.25, 0.3) is 0 Å². The molecule has 19 heavy (non-hydrogen) atoms. The summed E-state index contributed by atoms with van der Waals surface area (Å²) in [5.74, 6) is 0.511. The number of nitrogens with two attached hydrogens (primary N) is 1. The van der Waals surface area contributed by atoms with Gasteiger partial charge in [-0.2, -0.15) is 0 Å². The number of oxime groups is 1. The van der Waals surface area contributed by atoms with Crippen LogP contribution in [-0.4, -0.2) is 29.8 Å². The monoisotopic (exact) mass is 267 g/mol. The molecule has 104 valence electrons. The summed E-state index contributed by atoms with van der Waals surface area (Å²) in [7, 11) is 0. The summed E-state index contributed by atoms with van der Waals surface area (Å²) in [5, 5.41) is 13.7. The highest BCUT2D eigenvalue weighted by molar-refractivity contribution is 5.84. The average molecular weight is 267 g/mol. The van der Waals surface area contributed by atoms with Gasteiger partial charge >= 0.3 is 6.09 Å². The van der Waals surface area contributed by atoms with Gasteiger partial charge in [0.1, 0.15) is 12.4 Å². The summed E-state index contributed by atoms with van der Waals surface area (Å²) in [5.41, 5.74) is 5.85. The second-order valence-electron chi connectivity index (χ2n) is 3.98. The summed E-state index contributed by atoms with van der Waals surface area (Å²) in [6, 6.07) is 6.61. The third-order valence-corrected chi connectivity index (χ3v) is 1.96. The van der Waals surface area contributed by atoms with Crippen LogP contribution in [0.4, 0.5) is 10.5 Å². The standard InChI is InChI=1S/C12H17N3O4/c1-8(2)19-12(16)14-9-3-5-10(6-4-9)18-7-11(13)15-17/h3-6,8,17H,7H2,1-2H3,(H2,13,15)(H,14,16). The van der Waals surface area contributed by atoms with Crippen LogP contribution in [0.5, 0.6) is 5.75 Å². The number of ether oxygens (including phenoxy) is 2. The largest absolute Gasteiger partial charge is 0.486 e. The molecule has 0 atom stereocenters. The lowest BCUT2D eigenvalue weighted by atomic mass is 10.3. The van der Waals surface area contributed by atoms with Gasteiger partial charge in [-0.15, -0.1) is 0 Å². The molecule has 1 amide bonds. The van der Waals surface area contributed by atoms with E-state index in [4.69, 9.17) is 20.4 Å². The van der Waals surface area contributed by atoms with E-state index < -0.39 is 6.09 Å². The van der Waals surface area contributed by atoms with Crippen LogP contribution in [0.1, 0.15) is 13.8 Å². The van der Waals surface area contributed by atoms with Crippen LogP contribution < -0.4 is 15.8 Å². The number of rotatable bonds is 5. The molecule has 0 unspecified atom stereocenters. The van der Waals surface area contributed by atoms with Crippen LogP contribution in [0, 0.1) is 0 Å². The molecular formula is C12H17N3O4. The molecule has 1 aromatic carbocycles. The summed E-state index contributed by atoms with van der Waals surface area (Å²) in [6.07, 6.45) is -0.691. The number of amidine groups is 1. The fourth-order valence-corrected chi connectivity index (χ4v) is 1.18. The molecule has 1 aromatic rings. The number of carbonyl (C=O) groups excluding carboxylic acids is 1. The van der Waals surface area contributed by atoms with E-state index in [2.05, 4.69) is 10.5 Å². The van der Waals surface area contributed by atoms with Gasteiger partial charge in [-0.05, 0) is 38.1 Å². The van der Waals surface area contributed by atoms with E-state index in [1.165, 1.54) is 0 Å². The lowest BCUT2D eigenvalue weighted by Gasteiger charge is -2.10. The number of hydrogen-bond donors (Lipinski definition) is 3. The first kappa shape index (κ1) is 14.6. The molecule has 0 fully saturated rings. The van der Waals surface area contributed by atoms with E-state index >= 15 is 0 Å². The van der Waals surface area contributed by atoms with Crippen molar-refractivity contribution < 1.29 is 19.5 Å². The van der Waals surface area contributed by atoms with E-state index in [-0.39, 0.29) is 18.5 Å². The van der Waals surface area contributed by atoms with Crippen molar-refractivity contribution in [3.8, 4) is 5.75 Å². The second-order valence-corrected chi connectivity index (χ2v) is 3.98. The molecule has 0 heterocycles. The van der Waals surface area contributed by atoms with Crippen LogP contribution in [0.2, 0.25) is 0 Å². The fraction of sp³-hybridized carbons (Fsp3) is 0.333. The SMILES string of the molecule is CC(C)OC(=O)Nc1ccc(OCC(N)=NO)cc1. The Hall–Kier alpha value is -2.44. The number of carbonyl (C=O) groups is 1. The highest BCUT2D eigenvalue weighted by Gasteiger charge is 2.05. The zero-order valence-corrected chi connectivity index (χ0v) is 10.8. The Morgan fingerprint density at radius 1 is 1.42 bits per heavy atom. The number of nitrogens with one attached hydrogen (secondary N) is 1. The van der Waals surface area contributed by atoms with Crippen molar-refractivity contribution in [1.29, 1.82) is 0 Å². The zero-order chi connectivity index (χ0) is 14.3. The van der Waals surface area contributed by atoms with Gasteiger partial charge in [0.25, 0.3) is 0 Å². The molecule has 0 aliphatic heterocycles. The first-order valence-electron chi connectivity index (χ1n) is 5.68. The normalized spacial score (nSPS) is 11.2. The summed E-state index contributed by atoms with van der Waals surface area (Å²) < 4.78 is 10.2. The Morgan fingerprint density at radius 2 is 2.05 bits per heavy atom. The smallest absolute Gasteiger partial charge is 0.411 e. The maximum absolute atomic E-state index is 11.3. The van der Waals surface area contributed by atoms with Crippen molar-refractivity contribution in [2.75, 3.05) is 11.9 Å². The van der Waals surface area contributed by atoms with Crippen molar-refractivity contribution in [2.45, 2.75) is 20.0 Å². The molecule has 0 aromatic heterocycles. The van der Waals surface area contributed by atoms with Gasteiger partial charge in [-0.3, -0.25) is 5.32 Å². The molecule has 0 bridgehead atoms. The predicted octanol–water partition coefficient (Wildman–Crippen LogP) is 1.77. The predicted molar refractivity (Wildman–Crippen MR) is 70.6 cm³/mol. The van der Waals surface area contributed by atoms with E-state index in [1.807, 2.05) is 0 Å². The van der Waals surface area contributed by atoms with Gasteiger partial charge in [0.05, 0.1) is 6.10 Å². The molecule has 1 rings (SSSR count). The molecule has 0 aliphatic carbocycles. The highest BCUT2D eigenvalue weighted by atomic mass is 16.6. The molecule has 7 heteroatoms. The number of amides is 1. The van der Waals surface area contributed by atoms with E-state index in [0.29, 0.717) is 11.4 Å². The third kappa shape index (κ3) is 5.62. The first-order valence-corrected chi connectivity index (χ1v) is 5.68. The second kappa shape index (κ2) is 7.10. The topological polar surface area (TPSA) is 106 Å². The number of hydrogen-bond acceptors (Lipinski definition) is 5. The lowest BCUT2D eigenvalue weighted by molar-refractivity contribution is 0.130. The van der Waals surface area contributed by atoms with Crippen molar-refractivity contribution in [1.82, 2.24) is 0 Å². The Kier molecular flexibility index (Phi) is 5.46. The molecule has 0 radical (unpaired) electrons.